The zero-order valence-corrected chi connectivity index (χ0v) is 13.1. The molecule has 3 rings (SSSR count). The fourth-order valence-electron chi connectivity index (χ4n) is 2.68. The lowest BCUT2D eigenvalue weighted by Gasteiger charge is -2.28. The van der Waals surface area contributed by atoms with Crippen molar-refractivity contribution in [2.45, 2.75) is 26.0 Å². The lowest BCUT2D eigenvalue weighted by Crippen LogP contribution is -2.23. The lowest BCUT2D eigenvalue weighted by atomic mass is 9.98. The van der Waals surface area contributed by atoms with E-state index in [2.05, 4.69) is 70.6 Å². The smallest absolute Gasteiger partial charge is 0.0751 e. The standard InChI is InChI=1S/C17H18BrNO/c1-2-12-9-14(18)7-8-16(12)19-17-11-20-10-13-5-3-4-6-15(13)17/h3-9,17,19H,2,10-11H2,1H3. The first-order chi connectivity index (χ1) is 9.78. The van der Waals surface area contributed by atoms with Crippen LogP contribution in [0.15, 0.2) is 46.9 Å². The molecule has 2 nitrogen and oxygen atoms in total. The van der Waals surface area contributed by atoms with Gasteiger partial charge in [0, 0.05) is 10.2 Å². The molecule has 0 aromatic heterocycles. The highest BCUT2D eigenvalue weighted by atomic mass is 79.9. The molecule has 3 heteroatoms. The molecule has 0 bridgehead atoms. The van der Waals surface area contributed by atoms with Crippen LogP contribution in [-0.2, 0) is 17.8 Å². The van der Waals surface area contributed by atoms with Gasteiger partial charge in [0.1, 0.15) is 0 Å². The van der Waals surface area contributed by atoms with E-state index in [4.69, 9.17) is 4.74 Å². The van der Waals surface area contributed by atoms with Crippen LogP contribution in [0.1, 0.15) is 29.7 Å². The number of hydrogen-bond acceptors (Lipinski definition) is 2. The van der Waals surface area contributed by atoms with Gasteiger partial charge in [-0.1, -0.05) is 47.1 Å². The maximum absolute atomic E-state index is 5.71. The highest BCUT2D eigenvalue weighted by molar-refractivity contribution is 9.10. The molecule has 1 atom stereocenters. The fourth-order valence-corrected chi connectivity index (χ4v) is 3.09. The van der Waals surface area contributed by atoms with Crippen LogP contribution >= 0.6 is 15.9 Å². The van der Waals surface area contributed by atoms with E-state index in [1.54, 1.807) is 0 Å². The van der Waals surface area contributed by atoms with E-state index >= 15 is 0 Å². The van der Waals surface area contributed by atoms with Crippen LogP contribution in [0.3, 0.4) is 0 Å². The van der Waals surface area contributed by atoms with Gasteiger partial charge >= 0.3 is 0 Å². The van der Waals surface area contributed by atoms with Crippen molar-refractivity contribution in [3.8, 4) is 0 Å². The van der Waals surface area contributed by atoms with Crippen LogP contribution in [0.25, 0.3) is 0 Å². The highest BCUT2D eigenvalue weighted by Gasteiger charge is 2.20. The summed E-state index contributed by atoms with van der Waals surface area (Å²) in [5, 5.41) is 3.64. The molecule has 0 amide bonds. The topological polar surface area (TPSA) is 21.3 Å². The van der Waals surface area contributed by atoms with E-state index in [0.29, 0.717) is 0 Å². The predicted molar refractivity (Wildman–Crippen MR) is 86.0 cm³/mol. The average molecular weight is 332 g/mol. The number of hydrogen-bond donors (Lipinski definition) is 1. The maximum atomic E-state index is 5.71. The van der Waals surface area contributed by atoms with Gasteiger partial charge in [0.2, 0.25) is 0 Å². The number of anilines is 1. The monoisotopic (exact) mass is 331 g/mol. The molecule has 1 aliphatic rings. The van der Waals surface area contributed by atoms with E-state index in [1.165, 1.54) is 22.4 Å². The Morgan fingerprint density at radius 1 is 1.25 bits per heavy atom. The van der Waals surface area contributed by atoms with E-state index in [0.717, 1.165) is 24.1 Å². The molecule has 0 saturated carbocycles. The summed E-state index contributed by atoms with van der Waals surface area (Å²) in [4.78, 5) is 0. The first-order valence-corrected chi connectivity index (χ1v) is 7.77. The molecule has 0 fully saturated rings. The summed E-state index contributed by atoms with van der Waals surface area (Å²) in [6, 6.07) is 15.1. The van der Waals surface area contributed by atoms with Gasteiger partial charge in [0.15, 0.2) is 0 Å². The van der Waals surface area contributed by atoms with Crippen molar-refractivity contribution in [2.24, 2.45) is 0 Å². The first kappa shape index (κ1) is 13.7. The van der Waals surface area contributed by atoms with Gasteiger partial charge in [-0.05, 0) is 41.3 Å². The van der Waals surface area contributed by atoms with Gasteiger partial charge in [-0.25, -0.2) is 0 Å². The Bertz CT molecular complexity index is 612. The molecule has 1 aliphatic heterocycles. The second-order valence-electron chi connectivity index (χ2n) is 5.07. The molecule has 1 heterocycles. The van der Waals surface area contributed by atoms with Gasteiger partial charge in [-0.15, -0.1) is 0 Å². The molecule has 2 aromatic carbocycles. The van der Waals surface area contributed by atoms with Gasteiger partial charge in [0.05, 0.1) is 19.3 Å². The molecule has 2 aromatic rings. The molecular weight excluding hydrogens is 314 g/mol. The van der Waals surface area contributed by atoms with Crippen LogP contribution in [0.4, 0.5) is 5.69 Å². The second-order valence-corrected chi connectivity index (χ2v) is 5.98. The minimum Gasteiger partial charge on any atom is -0.376 e. The number of aryl methyl sites for hydroxylation is 1. The minimum absolute atomic E-state index is 0.228. The van der Waals surface area contributed by atoms with E-state index < -0.39 is 0 Å². The Labute approximate surface area is 128 Å². The Morgan fingerprint density at radius 2 is 2.10 bits per heavy atom. The molecule has 104 valence electrons. The van der Waals surface area contributed by atoms with Crippen molar-refractivity contribution in [3.63, 3.8) is 0 Å². The third-order valence-electron chi connectivity index (χ3n) is 3.75. The number of ether oxygens (including phenoxy) is 1. The summed E-state index contributed by atoms with van der Waals surface area (Å²) in [6.07, 6.45) is 1.01. The van der Waals surface area contributed by atoms with Crippen molar-refractivity contribution in [2.75, 3.05) is 11.9 Å². The van der Waals surface area contributed by atoms with Crippen LogP contribution in [-0.4, -0.2) is 6.61 Å². The summed E-state index contributed by atoms with van der Waals surface area (Å²) >= 11 is 3.54. The molecule has 0 spiro atoms. The van der Waals surface area contributed by atoms with Crippen molar-refractivity contribution >= 4 is 21.6 Å². The van der Waals surface area contributed by atoms with Gasteiger partial charge in [-0.2, -0.15) is 0 Å². The number of nitrogens with one attached hydrogen (secondary N) is 1. The van der Waals surface area contributed by atoms with E-state index in [1.807, 2.05) is 0 Å². The molecule has 20 heavy (non-hydrogen) atoms. The Morgan fingerprint density at radius 3 is 2.95 bits per heavy atom. The van der Waals surface area contributed by atoms with Crippen LogP contribution < -0.4 is 5.32 Å². The largest absolute Gasteiger partial charge is 0.376 e. The average Bonchev–Trinajstić information content (AvgIpc) is 2.49. The number of rotatable bonds is 3. The molecule has 1 N–H and O–H groups in total. The highest BCUT2D eigenvalue weighted by Crippen LogP contribution is 2.30. The Kier molecular flexibility index (Phi) is 4.08. The molecular formula is C17H18BrNO. The normalized spacial score (nSPS) is 17.6. The summed E-state index contributed by atoms with van der Waals surface area (Å²) in [6.45, 7) is 3.61. The molecule has 0 aliphatic carbocycles. The third kappa shape index (κ3) is 2.74. The van der Waals surface area contributed by atoms with Crippen LogP contribution in [0.2, 0.25) is 0 Å². The number of halogens is 1. The second kappa shape index (κ2) is 5.98. The van der Waals surface area contributed by atoms with Crippen molar-refractivity contribution < 1.29 is 4.74 Å². The maximum Gasteiger partial charge on any atom is 0.0751 e. The SMILES string of the molecule is CCc1cc(Br)ccc1NC1COCc2ccccc21. The predicted octanol–water partition coefficient (Wildman–Crippen LogP) is 4.69. The van der Waals surface area contributed by atoms with Gasteiger partial charge < -0.3 is 10.1 Å². The number of fused-ring (bicyclic) bond motifs is 1. The summed E-state index contributed by atoms with van der Waals surface area (Å²) in [5.41, 5.74) is 5.15. The fraction of sp³-hybridized carbons (Fsp3) is 0.294. The third-order valence-corrected chi connectivity index (χ3v) is 4.24. The van der Waals surface area contributed by atoms with Crippen LogP contribution in [0, 0.1) is 0 Å². The summed E-state index contributed by atoms with van der Waals surface area (Å²) < 4.78 is 6.83. The summed E-state index contributed by atoms with van der Waals surface area (Å²) in [7, 11) is 0. The zero-order valence-electron chi connectivity index (χ0n) is 11.5. The number of benzene rings is 2. The van der Waals surface area contributed by atoms with E-state index in [-0.39, 0.29) is 6.04 Å². The molecule has 1 unspecified atom stereocenters. The lowest BCUT2D eigenvalue weighted by molar-refractivity contribution is 0.0970. The molecule has 0 radical (unpaired) electrons. The first-order valence-electron chi connectivity index (χ1n) is 6.98. The van der Waals surface area contributed by atoms with Crippen molar-refractivity contribution in [1.82, 2.24) is 0 Å². The van der Waals surface area contributed by atoms with Crippen molar-refractivity contribution in [3.05, 3.63) is 63.6 Å². The van der Waals surface area contributed by atoms with Gasteiger partial charge in [0.25, 0.3) is 0 Å². The quantitative estimate of drug-likeness (QED) is 0.880. The van der Waals surface area contributed by atoms with Crippen molar-refractivity contribution in [1.29, 1.82) is 0 Å². The molecule has 0 saturated heterocycles. The Hall–Kier alpha value is -1.32. The van der Waals surface area contributed by atoms with E-state index in [9.17, 15) is 0 Å². The zero-order chi connectivity index (χ0) is 13.9. The Balaban J connectivity index is 1.89. The van der Waals surface area contributed by atoms with Gasteiger partial charge in [-0.3, -0.25) is 0 Å². The minimum atomic E-state index is 0.228. The summed E-state index contributed by atoms with van der Waals surface area (Å²) in [5.74, 6) is 0. The van der Waals surface area contributed by atoms with Crippen LogP contribution in [0.5, 0.6) is 0 Å².